The molecule has 1 heterocycles. The van der Waals surface area contributed by atoms with E-state index in [1.165, 1.54) is 0 Å². The molecular formula is C10H11N3O2. The molecule has 1 aliphatic rings. The summed E-state index contributed by atoms with van der Waals surface area (Å²) in [6, 6.07) is 9.81. The van der Waals surface area contributed by atoms with Gasteiger partial charge in [-0.2, -0.15) is 5.10 Å². The summed E-state index contributed by atoms with van der Waals surface area (Å²) >= 11 is 0. The first-order chi connectivity index (χ1) is 7.25. The minimum absolute atomic E-state index is 0.0315. The molecule has 2 rings (SSSR count). The SMILES string of the molecule is O=C(O)C1=NNC(Cc2ccccc2)N1. The van der Waals surface area contributed by atoms with E-state index in [0.29, 0.717) is 6.42 Å². The van der Waals surface area contributed by atoms with Crippen molar-refractivity contribution in [2.45, 2.75) is 12.6 Å². The van der Waals surface area contributed by atoms with Crippen LogP contribution in [0.2, 0.25) is 0 Å². The summed E-state index contributed by atoms with van der Waals surface area (Å²) in [6.07, 6.45) is 0.555. The number of nitrogens with one attached hydrogen (secondary N) is 2. The van der Waals surface area contributed by atoms with Gasteiger partial charge in [-0.1, -0.05) is 30.3 Å². The van der Waals surface area contributed by atoms with Gasteiger partial charge in [-0.05, 0) is 5.56 Å². The number of hydrogen-bond acceptors (Lipinski definition) is 4. The fourth-order valence-corrected chi connectivity index (χ4v) is 1.43. The number of carboxylic acid groups (broad SMARTS) is 1. The van der Waals surface area contributed by atoms with Crippen molar-refractivity contribution in [3.63, 3.8) is 0 Å². The van der Waals surface area contributed by atoms with Gasteiger partial charge in [-0.3, -0.25) is 5.43 Å². The number of carboxylic acids is 1. The highest BCUT2D eigenvalue weighted by Crippen LogP contribution is 2.03. The number of rotatable bonds is 3. The average molecular weight is 205 g/mol. The number of benzene rings is 1. The Morgan fingerprint density at radius 2 is 2.13 bits per heavy atom. The molecule has 0 saturated heterocycles. The molecule has 1 unspecified atom stereocenters. The van der Waals surface area contributed by atoms with Gasteiger partial charge in [-0.25, -0.2) is 4.79 Å². The molecule has 3 N–H and O–H groups in total. The molecule has 1 aromatic rings. The number of carbonyl (C=O) groups is 1. The third kappa shape index (κ3) is 2.25. The Balaban J connectivity index is 1.93. The third-order valence-electron chi connectivity index (χ3n) is 2.13. The van der Waals surface area contributed by atoms with Crippen molar-refractivity contribution in [1.29, 1.82) is 0 Å². The fraction of sp³-hybridized carbons (Fsp3) is 0.200. The van der Waals surface area contributed by atoms with E-state index in [1.807, 2.05) is 30.3 Å². The zero-order chi connectivity index (χ0) is 10.7. The fourth-order valence-electron chi connectivity index (χ4n) is 1.43. The number of hydrazone groups is 1. The quantitative estimate of drug-likeness (QED) is 0.656. The monoisotopic (exact) mass is 205 g/mol. The van der Waals surface area contributed by atoms with Gasteiger partial charge in [0.15, 0.2) is 0 Å². The maximum atomic E-state index is 10.6. The van der Waals surface area contributed by atoms with Crippen molar-refractivity contribution in [2.75, 3.05) is 0 Å². The zero-order valence-electron chi connectivity index (χ0n) is 7.97. The van der Waals surface area contributed by atoms with E-state index in [4.69, 9.17) is 5.11 Å². The van der Waals surface area contributed by atoms with Gasteiger partial charge in [0.1, 0.15) is 6.17 Å². The maximum absolute atomic E-state index is 10.6. The zero-order valence-corrected chi connectivity index (χ0v) is 7.97. The van der Waals surface area contributed by atoms with Crippen molar-refractivity contribution in [2.24, 2.45) is 5.10 Å². The van der Waals surface area contributed by atoms with Crippen molar-refractivity contribution >= 4 is 11.8 Å². The smallest absolute Gasteiger partial charge is 0.373 e. The largest absolute Gasteiger partial charge is 0.475 e. The van der Waals surface area contributed by atoms with Crippen LogP contribution in [-0.2, 0) is 11.2 Å². The predicted octanol–water partition coefficient (Wildman–Crippen LogP) is 0.146. The van der Waals surface area contributed by atoms with Gasteiger partial charge in [-0.15, -0.1) is 0 Å². The number of nitrogens with zero attached hydrogens (tertiary/aromatic N) is 1. The van der Waals surface area contributed by atoms with Gasteiger partial charge < -0.3 is 10.4 Å². The highest BCUT2D eigenvalue weighted by Gasteiger charge is 2.21. The van der Waals surface area contributed by atoms with Crippen LogP contribution in [0, 0.1) is 0 Å². The van der Waals surface area contributed by atoms with Crippen LogP contribution in [0.1, 0.15) is 5.56 Å². The number of hydrogen-bond donors (Lipinski definition) is 3. The molecular weight excluding hydrogens is 194 g/mol. The summed E-state index contributed by atoms with van der Waals surface area (Å²) in [7, 11) is 0. The van der Waals surface area contributed by atoms with Gasteiger partial charge in [0.25, 0.3) is 0 Å². The molecule has 5 nitrogen and oxygen atoms in total. The molecule has 1 aromatic carbocycles. The molecule has 1 aliphatic heterocycles. The first kappa shape index (κ1) is 9.51. The first-order valence-electron chi connectivity index (χ1n) is 4.62. The molecule has 0 saturated carbocycles. The predicted molar refractivity (Wildman–Crippen MR) is 55.3 cm³/mol. The lowest BCUT2D eigenvalue weighted by atomic mass is 10.1. The Morgan fingerprint density at radius 3 is 2.73 bits per heavy atom. The van der Waals surface area contributed by atoms with Gasteiger partial charge >= 0.3 is 5.97 Å². The summed E-state index contributed by atoms with van der Waals surface area (Å²) < 4.78 is 0. The highest BCUT2D eigenvalue weighted by molar-refractivity contribution is 6.34. The highest BCUT2D eigenvalue weighted by atomic mass is 16.4. The van der Waals surface area contributed by atoms with E-state index in [1.54, 1.807) is 0 Å². The Hall–Kier alpha value is -2.04. The van der Waals surface area contributed by atoms with Gasteiger partial charge in [0, 0.05) is 6.42 Å². The van der Waals surface area contributed by atoms with Crippen LogP contribution in [0.25, 0.3) is 0 Å². The van der Waals surface area contributed by atoms with E-state index in [0.717, 1.165) is 5.56 Å². The van der Waals surface area contributed by atoms with E-state index in [9.17, 15) is 4.79 Å². The van der Waals surface area contributed by atoms with Gasteiger partial charge in [0.2, 0.25) is 5.84 Å². The molecule has 0 radical (unpaired) electrons. The molecule has 5 heteroatoms. The lowest BCUT2D eigenvalue weighted by Crippen LogP contribution is -2.39. The van der Waals surface area contributed by atoms with E-state index in [-0.39, 0.29) is 12.0 Å². The molecule has 78 valence electrons. The van der Waals surface area contributed by atoms with Gasteiger partial charge in [0.05, 0.1) is 0 Å². The Morgan fingerprint density at radius 1 is 1.40 bits per heavy atom. The lowest BCUT2D eigenvalue weighted by molar-refractivity contribution is -0.129. The van der Waals surface area contributed by atoms with Crippen molar-refractivity contribution < 1.29 is 9.90 Å². The molecule has 1 atom stereocenters. The Bertz CT molecular complexity index is 389. The van der Waals surface area contributed by atoms with E-state index < -0.39 is 5.97 Å². The Kier molecular flexibility index (Phi) is 2.53. The normalized spacial score (nSPS) is 18.9. The number of amidine groups is 1. The standard InChI is InChI=1S/C10H11N3O2/c14-10(15)9-11-8(12-13-9)6-7-4-2-1-3-5-7/h1-5,8,12H,6H2,(H,11,13)(H,14,15). The average Bonchev–Trinajstić information content (AvgIpc) is 2.68. The molecule has 15 heavy (non-hydrogen) atoms. The minimum Gasteiger partial charge on any atom is -0.475 e. The minimum atomic E-state index is -1.04. The van der Waals surface area contributed by atoms with Crippen LogP contribution in [0.3, 0.4) is 0 Å². The molecule has 0 spiro atoms. The second-order valence-electron chi connectivity index (χ2n) is 3.28. The van der Waals surface area contributed by atoms with Crippen LogP contribution in [0.15, 0.2) is 35.4 Å². The maximum Gasteiger partial charge on any atom is 0.373 e. The first-order valence-corrected chi connectivity index (χ1v) is 4.62. The van der Waals surface area contributed by atoms with Crippen molar-refractivity contribution in [1.82, 2.24) is 10.7 Å². The van der Waals surface area contributed by atoms with Crippen molar-refractivity contribution in [3.8, 4) is 0 Å². The lowest BCUT2D eigenvalue weighted by Gasteiger charge is -2.10. The van der Waals surface area contributed by atoms with Crippen LogP contribution in [0.5, 0.6) is 0 Å². The molecule has 0 bridgehead atoms. The summed E-state index contributed by atoms with van der Waals surface area (Å²) in [4.78, 5) is 10.6. The second-order valence-corrected chi connectivity index (χ2v) is 3.28. The number of aliphatic carboxylic acids is 1. The van der Waals surface area contributed by atoms with Crippen LogP contribution >= 0.6 is 0 Å². The van der Waals surface area contributed by atoms with Crippen LogP contribution in [0.4, 0.5) is 0 Å². The summed E-state index contributed by atoms with van der Waals surface area (Å²) in [5, 5.41) is 15.1. The van der Waals surface area contributed by atoms with Crippen molar-refractivity contribution in [3.05, 3.63) is 35.9 Å². The second kappa shape index (κ2) is 4.00. The summed E-state index contributed by atoms with van der Waals surface area (Å²) in [6.45, 7) is 0. The van der Waals surface area contributed by atoms with Crippen LogP contribution in [-0.4, -0.2) is 23.1 Å². The van der Waals surface area contributed by atoms with E-state index >= 15 is 0 Å². The van der Waals surface area contributed by atoms with Crippen LogP contribution < -0.4 is 10.7 Å². The molecule has 0 fully saturated rings. The Labute approximate surface area is 86.8 Å². The summed E-state index contributed by atoms with van der Waals surface area (Å²) in [5.41, 5.74) is 3.86. The summed E-state index contributed by atoms with van der Waals surface area (Å²) in [5.74, 6) is -1.08. The molecule has 0 amide bonds. The molecule has 0 aliphatic carbocycles. The molecule has 0 aromatic heterocycles. The third-order valence-corrected chi connectivity index (χ3v) is 2.13. The van der Waals surface area contributed by atoms with E-state index in [2.05, 4.69) is 15.8 Å². The topological polar surface area (TPSA) is 73.7 Å².